The van der Waals surface area contributed by atoms with Gasteiger partial charge in [-0.15, -0.1) is 0 Å². The lowest BCUT2D eigenvalue weighted by Gasteiger charge is -2.15. The third kappa shape index (κ3) is 7.38. The van der Waals surface area contributed by atoms with E-state index >= 15 is 0 Å². The first kappa shape index (κ1) is 16.4. The Labute approximate surface area is 109 Å². The average Bonchev–Trinajstić information content (AvgIpc) is 2.56. The van der Waals surface area contributed by atoms with Gasteiger partial charge in [-0.2, -0.15) is 0 Å². The Morgan fingerprint density at radius 1 is 1.18 bits per heavy atom. The minimum atomic E-state index is 0.900. The molecule has 1 fully saturated rings. The van der Waals surface area contributed by atoms with E-state index in [-0.39, 0.29) is 0 Å². The van der Waals surface area contributed by atoms with Crippen molar-refractivity contribution in [3.8, 4) is 0 Å². The lowest BCUT2D eigenvalue weighted by molar-refractivity contribution is 0.341. The molecule has 0 aromatic carbocycles. The van der Waals surface area contributed by atoms with Crippen LogP contribution < -0.4 is 0 Å². The van der Waals surface area contributed by atoms with Crippen LogP contribution in [0.4, 0.5) is 0 Å². The van der Waals surface area contributed by atoms with Crippen molar-refractivity contribution in [2.45, 2.75) is 53.4 Å². The molecule has 17 heavy (non-hydrogen) atoms. The van der Waals surface area contributed by atoms with E-state index in [9.17, 15) is 0 Å². The molecular formula is C16H31N. The fraction of sp³-hybridized carbons (Fsp3) is 0.750. The van der Waals surface area contributed by atoms with Crippen LogP contribution in [0.2, 0.25) is 0 Å². The average molecular weight is 237 g/mol. The normalized spacial score (nSPS) is 23.1. The molecule has 0 aromatic heterocycles. The number of likely N-dealkylation sites (tertiary alicyclic amines) is 1. The molecule has 1 unspecified atom stereocenters. The molecule has 1 heteroatoms. The Hall–Kier alpha value is -0.560. The summed E-state index contributed by atoms with van der Waals surface area (Å²) in [4.78, 5) is 2.46. The van der Waals surface area contributed by atoms with Crippen LogP contribution >= 0.6 is 0 Å². The highest BCUT2D eigenvalue weighted by atomic mass is 15.1. The van der Waals surface area contributed by atoms with Gasteiger partial charge in [0.2, 0.25) is 0 Å². The van der Waals surface area contributed by atoms with Crippen molar-refractivity contribution in [3.05, 3.63) is 23.8 Å². The predicted octanol–water partition coefficient (Wildman–Crippen LogP) is 4.66. The zero-order valence-electron chi connectivity index (χ0n) is 12.5. The fourth-order valence-corrected chi connectivity index (χ4v) is 2.34. The number of hydrogen-bond donors (Lipinski definition) is 0. The molecule has 100 valence electrons. The Bertz CT molecular complexity index is 228. The number of allylic oxidation sites excluding steroid dienone is 4. The van der Waals surface area contributed by atoms with Gasteiger partial charge < -0.3 is 4.90 Å². The van der Waals surface area contributed by atoms with Gasteiger partial charge in [0.1, 0.15) is 0 Å². The van der Waals surface area contributed by atoms with Crippen LogP contribution in [-0.4, -0.2) is 25.0 Å². The molecule has 1 aliphatic rings. The number of nitrogens with zero attached hydrogens (tertiary/aromatic N) is 1. The van der Waals surface area contributed by atoms with Crippen molar-refractivity contribution < 1.29 is 0 Å². The first-order valence-electron chi connectivity index (χ1n) is 7.22. The summed E-state index contributed by atoms with van der Waals surface area (Å²) in [6.45, 7) is 10.8. The van der Waals surface area contributed by atoms with Crippen molar-refractivity contribution >= 4 is 0 Å². The van der Waals surface area contributed by atoms with Gasteiger partial charge in [0.05, 0.1) is 0 Å². The highest BCUT2D eigenvalue weighted by Crippen LogP contribution is 2.24. The summed E-state index contributed by atoms with van der Waals surface area (Å²) in [5.74, 6) is 0.900. The summed E-state index contributed by atoms with van der Waals surface area (Å²) in [7, 11) is 2.24. The number of rotatable bonds is 3. The molecule has 1 saturated heterocycles. The number of hydrogen-bond acceptors (Lipinski definition) is 1. The molecule has 0 radical (unpaired) electrons. The van der Waals surface area contributed by atoms with Crippen LogP contribution in [0.5, 0.6) is 0 Å². The Morgan fingerprint density at radius 3 is 2.47 bits per heavy atom. The Morgan fingerprint density at radius 2 is 1.88 bits per heavy atom. The Kier molecular flexibility index (Phi) is 10.2. The molecule has 1 heterocycles. The van der Waals surface area contributed by atoms with E-state index in [1.165, 1.54) is 44.3 Å². The maximum absolute atomic E-state index is 2.46. The third-order valence-corrected chi connectivity index (χ3v) is 3.35. The molecule has 0 saturated carbocycles. The first-order chi connectivity index (χ1) is 8.26. The van der Waals surface area contributed by atoms with E-state index in [4.69, 9.17) is 0 Å². The van der Waals surface area contributed by atoms with Crippen molar-refractivity contribution in [3.63, 3.8) is 0 Å². The van der Waals surface area contributed by atoms with Crippen molar-refractivity contribution in [1.82, 2.24) is 4.90 Å². The van der Waals surface area contributed by atoms with E-state index in [1.807, 2.05) is 13.8 Å². The predicted molar refractivity (Wildman–Crippen MR) is 79.4 cm³/mol. The maximum atomic E-state index is 2.46. The lowest BCUT2D eigenvalue weighted by Crippen LogP contribution is -2.18. The summed E-state index contributed by atoms with van der Waals surface area (Å²) in [6.07, 6.45) is 12.1. The highest BCUT2D eigenvalue weighted by Gasteiger charge is 2.14. The van der Waals surface area contributed by atoms with Crippen LogP contribution in [0, 0.1) is 5.92 Å². The molecule has 0 aliphatic carbocycles. The first-order valence-corrected chi connectivity index (χ1v) is 7.22. The van der Waals surface area contributed by atoms with Crippen LogP contribution in [0.25, 0.3) is 0 Å². The minimum absolute atomic E-state index is 0.900. The second-order valence-electron chi connectivity index (χ2n) is 4.67. The zero-order chi connectivity index (χ0) is 13.1. The monoisotopic (exact) mass is 237 g/mol. The van der Waals surface area contributed by atoms with Gasteiger partial charge in [0.15, 0.2) is 0 Å². The standard InChI is InChI=1S/C14H25N.C2H6/c1-4-7-13(5-2)12-14-8-6-10-15(3)11-9-14;1-2/h4-5,7,14H,6,8-12H2,1-3H3;1-2H3/b7-4-,13-5+;. The van der Waals surface area contributed by atoms with Crippen LogP contribution in [0.3, 0.4) is 0 Å². The van der Waals surface area contributed by atoms with Gasteiger partial charge in [-0.3, -0.25) is 0 Å². The maximum Gasteiger partial charge on any atom is -0.00190 e. The van der Waals surface area contributed by atoms with Crippen LogP contribution in [-0.2, 0) is 0 Å². The van der Waals surface area contributed by atoms with Crippen LogP contribution in [0.15, 0.2) is 23.8 Å². The second-order valence-corrected chi connectivity index (χ2v) is 4.67. The molecule has 1 atom stereocenters. The smallest absolute Gasteiger partial charge is 0.00190 e. The minimum Gasteiger partial charge on any atom is -0.306 e. The SMILES string of the molecule is C/C=C\C(=C/C)CC1CCCN(C)CC1.CC. The van der Waals surface area contributed by atoms with Gasteiger partial charge in [0.25, 0.3) is 0 Å². The molecule has 0 spiro atoms. The molecule has 0 N–H and O–H groups in total. The zero-order valence-corrected chi connectivity index (χ0v) is 12.5. The molecule has 0 bridgehead atoms. The van der Waals surface area contributed by atoms with Gasteiger partial charge >= 0.3 is 0 Å². The van der Waals surface area contributed by atoms with Crippen molar-refractivity contribution in [2.75, 3.05) is 20.1 Å². The summed E-state index contributed by atoms with van der Waals surface area (Å²) < 4.78 is 0. The summed E-state index contributed by atoms with van der Waals surface area (Å²) in [5, 5.41) is 0. The molecule has 0 aromatic rings. The summed E-state index contributed by atoms with van der Waals surface area (Å²) in [5.41, 5.74) is 1.51. The summed E-state index contributed by atoms with van der Waals surface area (Å²) in [6, 6.07) is 0. The molecule has 1 nitrogen and oxygen atoms in total. The van der Waals surface area contributed by atoms with E-state index in [0.717, 1.165) is 5.92 Å². The van der Waals surface area contributed by atoms with Crippen LogP contribution in [0.1, 0.15) is 53.4 Å². The molecule has 1 rings (SSSR count). The fourth-order valence-electron chi connectivity index (χ4n) is 2.34. The van der Waals surface area contributed by atoms with E-state index < -0.39 is 0 Å². The van der Waals surface area contributed by atoms with E-state index in [0.29, 0.717) is 0 Å². The molecule has 0 amide bonds. The van der Waals surface area contributed by atoms with Gasteiger partial charge in [-0.25, -0.2) is 0 Å². The molecular weight excluding hydrogens is 206 g/mol. The lowest BCUT2D eigenvalue weighted by atomic mass is 9.92. The largest absolute Gasteiger partial charge is 0.306 e. The topological polar surface area (TPSA) is 3.24 Å². The van der Waals surface area contributed by atoms with Crippen molar-refractivity contribution in [1.29, 1.82) is 0 Å². The van der Waals surface area contributed by atoms with E-state index in [2.05, 4.69) is 44.0 Å². The second kappa shape index (κ2) is 10.6. The van der Waals surface area contributed by atoms with Gasteiger partial charge in [0, 0.05) is 0 Å². The summed E-state index contributed by atoms with van der Waals surface area (Å²) >= 11 is 0. The van der Waals surface area contributed by atoms with E-state index in [1.54, 1.807) is 0 Å². The quantitative estimate of drug-likeness (QED) is 0.645. The third-order valence-electron chi connectivity index (χ3n) is 3.35. The van der Waals surface area contributed by atoms with Gasteiger partial charge in [-0.1, -0.05) is 37.6 Å². The van der Waals surface area contributed by atoms with Gasteiger partial charge in [-0.05, 0) is 65.6 Å². The highest BCUT2D eigenvalue weighted by molar-refractivity contribution is 5.17. The van der Waals surface area contributed by atoms with Crippen molar-refractivity contribution in [2.24, 2.45) is 5.92 Å². The Balaban J connectivity index is 0.00000121. The molecule has 1 aliphatic heterocycles.